The van der Waals surface area contributed by atoms with Gasteiger partial charge in [-0.05, 0) is 19.3 Å². The van der Waals surface area contributed by atoms with Crippen molar-refractivity contribution in [2.45, 2.75) is 445 Å². The number of amides is 2. The Morgan fingerprint density at radius 1 is 0.510 bits per heavy atom. The van der Waals surface area contributed by atoms with Gasteiger partial charge in [0.15, 0.2) is 12.6 Å². The van der Waals surface area contributed by atoms with E-state index in [-0.39, 0.29) is 12.3 Å². The summed E-state index contributed by atoms with van der Waals surface area (Å²) in [6.07, 6.45) is 33.9. The molecule has 0 bridgehead atoms. The SMILES string of the molecule is CCCCCCCCCCCCCCCCCCCCC/C=C/C(O)C(COC1OC(CO)C(OC2OC(CO)C(O)C(OC3(C(=O)O)CC(O)C(NC(C)=O)C(C(O)C(O)CO)O3)C2O)C(O)C1O)NC(=O)CCCCCCCCCCCCCCCCCCCCCCCCCCCCC. The highest BCUT2D eigenvalue weighted by Crippen LogP contribution is 2.39. The lowest BCUT2D eigenvalue weighted by Crippen LogP contribution is -2.70. The van der Waals surface area contributed by atoms with Crippen molar-refractivity contribution in [1.29, 1.82) is 0 Å². The first-order chi connectivity index (χ1) is 49.4. The molecule has 14 N–H and O–H groups in total. The van der Waals surface area contributed by atoms with Gasteiger partial charge in [-0.15, -0.1) is 0 Å². The molecule has 0 aromatic carbocycles. The number of ether oxygens (including phenoxy) is 6. The van der Waals surface area contributed by atoms with Crippen molar-refractivity contribution in [2.75, 3.05) is 26.4 Å². The van der Waals surface area contributed by atoms with Crippen molar-refractivity contribution in [3.05, 3.63) is 12.2 Å². The highest BCUT2D eigenvalue weighted by atomic mass is 16.8. The number of unbranched alkanes of at least 4 members (excludes halogenated alkanes) is 45. The Morgan fingerprint density at radius 2 is 0.912 bits per heavy atom. The quantitative estimate of drug-likeness (QED) is 0.0199. The number of aliphatic hydroxyl groups excluding tert-OH is 11. The highest BCUT2D eigenvalue weighted by Gasteiger charge is 2.60. The second-order valence-corrected chi connectivity index (χ2v) is 30.0. The number of carboxylic acid groups (broad SMARTS) is 1. The van der Waals surface area contributed by atoms with Crippen LogP contribution < -0.4 is 10.6 Å². The van der Waals surface area contributed by atoms with Crippen molar-refractivity contribution in [1.82, 2.24) is 10.6 Å². The Morgan fingerprint density at radius 3 is 1.30 bits per heavy atom. The van der Waals surface area contributed by atoms with Crippen LogP contribution in [-0.2, 0) is 42.8 Å². The van der Waals surface area contributed by atoms with Crippen molar-refractivity contribution in [3.8, 4) is 0 Å². The number of aliphatic carboxylic acids is 1. The minimum absolute atomic E-state index is 0.206. The third-order valence-electron chi connectivity index (χ3n) is 21.0. The minimum atomic E-state index is -3.08. The number of hydrogen-bond donors (Lipinski definition) is 14. The molecule has 0 radical (unpaired) electrons. The molecule has 0 spiro atoms. The van der Waals surface area contributed by atoms with Crippen LogP contribution in [0.15, 0.2) is 12.2 Å². The van der Waals surface area contributed by atoms with Gasteiger partial charge < -0.3 is 100 Å². The van der Waals surface area contributed by atoms with Gasteiger partial charge in [0.2, 0.25) is 11.8 Å². The van der Waals surface area contributed by atoms with Crippen molar-refractivity contribution in [2.24, 2.45) is 0 Å². The van der Waals surface area contributed by atoms with Gasteiger partial charge in [0.25, 0.3) is 5.79 Å². The number of aliphatic hydroxyl groups is 11. The van der Waals surface area contributed by atoms with E-state index in [2.05, 4.69) is 24.5 Å². The van der Waals surface area contributed by atoms with Crippen LogP contribution in [0, 0.1) is 0 Å². The van der Waals surface area contributed by atoms with E-state index in [1.54, 1.807) is 6.08 Å². The molecule has 0 aromatic rings. The average Bonchev–Trinajstić information content (AvgIpc) is 0.756. The van der Waals surface area contributed by atoms with Crippen LogP contribution in [0.5, 0.6) is 0 Å². The Labute approximate surface area is 613 Å². The summed E-state index contributed by atoms with van der Waals surface area (Å²) in [5, 5.41) is 136. The summed E-state index contributed by atoms with van der Waals surface area (Å²) in [7, 11) is 0. The first kappa shape index (κ1) is 93.7. The number of allylic oxidation sites excluding steroid dienone is 1. The van der Waals surface area contributed by atoms with Crippen LogP contribution in [0.2, 0.25) is 0 Å². The van der Waals surface area contributed by atoms with Gasteiger partial charge in [-0.1, -0.05) is 309 Å². The van der Waals surface area contributed by atoms with Gasteiger partial charge in [-0.2, -0.15) is 0 Å². The maximum atomic E-state index is 13.5. The molecule has 102 heavy (non-hydrogen) atoms. The van der Waals surface area contributed by atoms with Gasteiger partial charge in [0, 0.05) is 19.8 Å². The standard InChI is InChI=1S/C79H148N2O21/c1-4-6-8-10-12-14-16-18-20-22-24-26-27-28-29-30-31-33-35-37-39-41-43-45-47-49-51-53-66(89)81-60(61(86)52-50-48-46-44-42-40-38-36-34-32-25-23-21-19-17-15-13-11-9-7-5-2)58-97-76-71(93)70(92)73(65(57-84)99-76)100-77-72(94)75(69(91)64(56-83)98-77)102-79(78(95)96)54-62(87)67(80-59(3)85)74(101-79)68(90)63(88)55-82/h50,52,60-65,67-77,82-84,86-88,90-94H,4-49,51,53-58H2,1-3H3,(H,80,85)(H,81,89)(H,95,96)/b52-50+. The fourth-order valence-electron chi connectivity index (χ4n) is 14.5. The zero-order valence-corrected chi connectivity index (χ0v) is 63.5. The monoisotopic (exact) mass is 1460 g/mol. The van der Waals surface area contributed by atoms with Gasteiger partial charge in [-0.3, -0.25) is 9.59 Å². The first-order valence-corrected chi connectivity index (χ1v) is 41.1. The summed E-state index contributed by atoms with van der Waals surface area (Å²) < 4.78 is 34.9. The fourth-order valence-corrected chi connectivity index (χ4v) is 14.5. The molecule has 18 atom stereocenters. The molecule has 23 nitrogen and oxygen atoms in total. The molecule has 23 heteroatoms. The predicted octanol–water partition coefficient (Wildman–Crippen LogP) is 11.0. The molecule has 3 aliphatic heterocycles. The Bertz CT molecular complexity index is 2080. The van der Waals surface area contributed by atoms with Crippen LogP contribution in [0.25, 0.3) is 0 Å². The molecule has 3 saturated heterocycles. The lowest BCUT2D eigenvalue weighted by molar-refractivity contribution is -0.386. The lowest BCUT2D eigenvalue weighted by atomic mass is 9.88. The summed E-state index contributed by atoms with van der Waals surface area (Å²) in [5.74, 6) is -6.13. The minimum Gasteiger partial charge on any atom is -0.477 e. The smallest absolute Gasteiger partial charge is 0.364 e. The van der Waals surface area contributed by atoms with Gasteiger partial charge >= 0.3 is 5.97 Å². The third kappa shape index (κ3) is 38.5. The molecule has 0 aromatic heterocycles. The van der Waals surface area contributed by atoms with Crippen LogP contribution in [0.4, 0.5) is 0 Å². The molecule has 600 valence electrons. The van der Waals surface area contributed by atoms with Crippen molar-refractivity contribution in [3.63, 3.8) is 0 Å². The molecule has 0 aliphatic carbocycles. The molecular formula is C79H148N2O21. The average molecular weight is 1460 g/mol. The van der Waals surface area contributed by atoms with E-state index in [9.17, 15) is 75.7 Å². The number of rotatable bonds is 65. The molecule has 3 rings (SSSR count). The van der Waals surface area contributed by atoms with Gasteiger partial charge in [0.05, 0.1) is 50.7 Å². The number of carboxylic acids is 1. The van der Waals surface area contributed by atoms with E-state index in [4.69, 9.17) is 28.4 Å². The van der Waals surface area contributed by atoms with E-state index in [1.165, 1.54) is 244 Å². The number of nitrogens with one attached hydrogen (secondary N) is 2. The second kappa shape index (κ2) is 58.5. The predicted molar refractivity (Wildman–Crippen MR) is 394 cm³/mol. The summed E-state index contributed by atoms with van der Waals surface area (Å²) in [6, 6.07) is -2.62. The fraction of sp³-hybridized carbons (Fsp3) is 0.937. The summed E-state index contributed by atoms with van der Waals surface area (Å²) in [6.45, 7) is 2.20. The van der Waals surface area contributed by atoms with E-state index in [0.29, 0.717) is 12.8 Å². The summed E-state index contributed by atoms with van der Waals surface area (Å²) in [5.41, 5.74) is 0. The van der Waals surface area contributed by atoms with Gasteiger partial charge in [0.1, 0.15) is 67.1 Å². The molecule has 3 aliphatic rings. The third-order valence-corrected chi connectivity index (χ3v) is 21.0. The number of carbonyl (C=O) groups is 3. The van der Waals surface area contributed by atoms with Gasteiger partial charge in [-0.25, -0.2) is 4.79 Å². The lowest BCUT2D eigenvalue weighted by Gasteiger charge is -2.50. The van der Waals surface area contributed by atoms with Crippen molar-refractivity contribution >= 4 is 17.8 Å². The van der Waals surface area contributed by atoms with Crippen LogP contribution >= 0.6 is 0 Å². The van der Waals surface area contributed by atoms with Crippen LogP contribution in [0.3, 0.4) is 0 Å². The number of hydrogen-bond acceptors (Lipinski definition) is 20. The highest BCUT2D eigenvalue weighted by molar-refractivity contribution is 5.77. The van der Waals surface area contributed by atoms with Crippen molar-refractivity contribution < 1.29 is 104 Å². The number of carbonyl (C=O) groups excluding carboxylic acids is 2. The van der Waals surface area contributed by atoms with E-state index < -0.39 is 155 Å². The molecule has 0 saturated carbocycles. The maximum Gasteiger partial charge on any atom is 0.364 e. The van der Waals surface area contributed by atoms with Crippen LogP contribution in [-0.4, -0.2) is 215 Å². The molecule has 3 heterocycles. The normalized spacial score (nSPS) is 26.7. The molecule has 18 unspecified atom stereocenters. The van der Waals surface area contributed by atoms with E-state index in [1.807, 2.05) is 6.08 Å². The first-order valence-electron chi connectivity index (χ1n) is 41.1. The summed E-state index contributed by atoms with van der Waals surface area (Å²) >= 11 is 0. The molecule has 2 amide bonds. The Hall–Kier alpha value is -2.53. The van der Waals surface area contributed by atoms with Crippen LogP contribution in [0.1, 0.15) is 335 Å². The molecule has 3 fully saturated rings. The topological polar surface area (TPSA) is 373 Å². The zero-order chi connectivity index (χ0) is 74.6. The molecular weight excluding hydrogens is 1310 g/mol. The Kier molecular flexibility index (Phi) is 53.7. The van der Waals surface area contributed by atoms with E-state index >= 15 is 0 Å². The summed E-state index contributed by atoms with van der Waals surface area (Å²) in [4.78, 5) is 38.7. The second-order valence-electron chi connectivity index (χ2n) is 30.0. The maximum absolute atomic E-state index is 13.5. The zero-order valence-electron chi connectivity index (χ0n) is 63.5. The Balaban J connectivity index is 1.51. The largest absolute Gasteiger partial charge is 0.477 e. The van der Waals surface area contributed by atoms with E-state index in [0.717, 1.165) is 51.9 Å².